The first-order valence-corrected chi connectivity index (χ1v) is 7.07. The average molecular weight is 331 g/mol. The molecule has 23 heavy (non-hydrogen) atoms. The lowest BCUT2D eigenvalue weighted by atomic mass is 9.84. The Morgan fingerprint density at radius 1 is 1.17 bits per heavy atom. The number of alkyl halides is 3. The van der Waals surface area contributed by atoms with Crippen molar-refractivity contribution in [3.8, 4) is 0 Å². The molecule has 1 aromatic rings. The standard InChI is InChI=1S/C16H20F3NO3/c1-11(21)13(9-15(2,3)16(17,18)19)20-14(22)23-10-12-7-5-4-6-8-12/h4-8,13H,9-10H2,1-3H3,(H,20,22)/t13-/m0/s1. The highest BCUT2D eigenvalue weighted by atomic mass is 19.4. The zero-order valence-electron chi connectivity index (χ0n) is 13.2. The van der Waals surface area contributed by atoms with Gasteiger partial charge in [-0.15, -0.1) is 0 Å². The first-order chi connectivity index (χ1) is 10.5. The van der Waals surface area contributed by atoms with Crippen molar-refractivity contribution in [1.29, 1.82) is 0 Å². The molecule has 0 saturated heterocycles. The van der Waals surface area contributed by atoms with Crippen LogP contribution in [0.4, 0.5) is 18.0 Å². The van der Waals surface area contributed by atoms with E-state index in [1.807, 2.05) is 0 Å². The van der Waals surface area contributed by atoms with Gasteiger partial charge in [0, 0.05) is 0 Å². The maximum atomic E-state index is 12.9. The van der Waals surface area contributed by atoms with Gasteiger partial charge in [-0.25, -0.2) is 4.79 Å². The second kappa shape index (κ2) is 7.48. The molecule has 0 aliphatic rings. The molecule has 0 fully saturated rings. The molecule has 7 heteroatoms. The van der Waals surface area contributed by atoms with E-state index in [-0.39, 0.29) is 6.61 Å². The van der Waals surface area contributed by atoms with Crippen molar-refractivity contribution in [3.63, 3.8) is 0 Å². The highest BCUT2D eigenvalue weighted by Crippen LogP contribution is 2.41. The predicted octanol–water partition coefficient (Wildman–Crippen LogP) is 3.85. The van der Waals surface area contributed by atoms with Crippen LogP contribution < -0.4 is 5.32 Å². The lowest BCUT2D eigenvalue weighted by Gasteiger charge is -2.31. The van der Waals surface area contributed by atoms with Gasteiger partial charge in [0.05, 0.1) is 11.5 Å². The third-order valence-corrected chi connectivity index (χ3v) is 3.48. The lowest BCUT2D eigenvalue weighted by Crippen LogP contribution is -2.46. The van der Waals surface area contributed by atoms with Gasteiger partial charge in [-0.1, -0.05) is 44.2 Å². The maximum Gasteiger partial charge on any atom is 0.408 e. The van der Waals surface area contributed by atoms with Crippen molar-refractivity contribution in [2.45, 2.75) is 46.0 Å². The number of benzene rings is 1. The fourth-order valence-corrected chi connectivity index (χ4v) is 1.83. The minimum absolute atomic E-state index is 0.0278. The van der Waals surface area contributed by atoms with E-state index >= 15 is 0 Å². The summed E-state index contributed by atoms with van der Waals surface area (Å²) in [6.07, 6.45) is -5.95. The number of ether oxygens (including phenoxy) is 1. The molecule has 128 valence electrons. The molecule has 1 atom stereocenters. The highest BCUT2D eigenvalue weighted by molar-refractivity contribution is 5.85. The first-order valence-electron chi connectivity index (χ1n) is 7.07. The molecule has 1 rings (SSSR count). The molecule has 0 aliphatic carbocycles. The summed E-state index contributed by atoms with van der Waals surface area (Å²) in [5.41, 5.74) is -1.37. The van der Waals surface area contributed by atoms with Crippen LogP contribution in [0.15, 0.2) is 30.3 Å². The van der Waals surface area contributed by atoms with Gasteiger partial charge in [-0.3, -0.25) is 4.79 Å². The van der Waals surface area contributed by atoms with Crippen LogP contribution in [-0.4, -0.2) is 24.1 Å². The summed E-state index contributed by atoms with van der Waals surface area (Å²) >= 11 is 0. The van der Waals surface area contributed by atoms with Gasteiger partial charge in [0.25, 0.3) is 0 Å². The molecular formula is C16H20F3NO3. The Balaban J connectivity index is 2.62. The zero-order valence-corrected chi connectivity index (χ0v) is 13.2. The van der Waals surface area contributed by atoms with Crippen LogP contribution in [-0.2, 0) is 16.1 Å². The molecule has 0 heterocycles. The number of carbonyl (C=O) groups excluding carboxylic acids is 2. The van der Waals surface area contributed by atoms with Crippen LogP contribution >= 0.6 is 0 Å². The second-order valence-electron chi connectivity index (χ2n) is 5.96. The van der Waals surface area contributed by atoms with E-state index in [2.05, 4.69) is 5.32 Å². The van der Waals surface area contributed by atoms with Crippen LogP contribution in [0.3, 0.4) is 0 Å². The SMILES string of the molecule is CC(=O)[C@H](CC(C)(C)C(F)(F)F)NC(=O)OCc1ccccc1. The molecule has 0 bridgehead atoms. The minimum Gasteiger partial charge on any atom is -0.445 e. The highest BCUT2D eigenvalue weighted by Gasteiger charge is 2.48. The lowest BCUT2D eigenvalue weighted by molar-refractivity contribution is -0.215. The third kappa shape index (κ3) is 5.92. The monoisotopic (exact) mass is 331 g/mol. The topological polar surface area (TPSA) is 55.4 Å². The van der Waals surface area contributed by atoms with Crippen LogP contribution in [0.1, 0.15) is 32.8 Å². The van der Waals surface area contributed by atoms with E-state index < -0.39 is 35.9 Å². The largest absolute Gasteiger partial charge is 0.445 e. The Kier molecular flexibility index (Phi) is 6.18. The van der Waals surface area contributed by atoms with E-state index in [1.54, 1.807) is 30.3 Å². The number of carbonyl (C=O) groups is 2. The van der Waals surface area contributed by atoms with Crippen molar-refractivity contribution in [3.05, 3.63) is 35.9 Å². The molecule has 1 amide bonds. The maximum absolute atomic E-state index is 12.9. The van der Waals surface area contributed by atoms with E-state index in [1.165, 1.54) is 0 Å². The van der Waals surface area contributed by atoms with Gasteiger partial charge in [-0.05, 0) is 18.9 Å². The quantitative estimate of drug-likeness (QED) is 0.861. The molecule has 4 nitrogen and oxygen atoms in total. The molecular weight excluding hydrogens is 311 g/mol. The third-order valence-electron chi connectivity index (χ3n) is 3.48. The summed E-state index contributed by atoms with van der Waals surface area (Å²) in [5.74, 6) is -0.556. The van der Waals surface area contributed by atoms with Crippen LogP contribution in [0.2, 0.25) is 0 Å². The number of Topliss-reactive ketones (excluding diaryl/α,β-unsaturated/α-hetero) is 1. The molecule has 0 aromatic heterocycles. The van der Waals surface area contributed by atoms with Crippen molar-refractivity contribution >= 4 is 11.9 Å². The van der Waals surface area contributed by atoms with Crippen LogP contribution in [0, 0.1) is 5.41 Å². The fourth-order valence-electron chi connectivity index (χ4n) is 1.83. The Morgan fingerprint density at radius 3 is 2.22 bits per heavy atom. The summed E-state index contributed by atoms with van der Waals surface area (Å²) in [6, 6.07) is 7.55. The normalized spacial score (nSPS) is 13.3. The number of nitrogens with one attached hydrogen (secondary N) is 1. The average Bonchev–Trinajstić information content (AvgIpc) is 2.44. The Hall–Kier alpha value is -2.05. The van der Waals surface area contributed by atoms with Crippen molar-refractivity contribution < 1.29 is 27.5 Å². The number of ketones is 1. The van der Waals surface area contributed by atoms with E-state index in [9.17, 15) is 22.8 Å². The van der Waals surface area contributed by atoms with Gasteiger partial charge in [0.2, 0.25) is 0 Å². The summed E-state index contributed by atoms with van der Waals surface area (Å²) in [4.78, 5) is 23.2. The van der Waals surface area contributed by atoms with E-state index in [0.717, 1.165) is 26.3 Å². The van der Waals surface area contributed by atoms with Crippen LogP contribution in [0.25, 0.3) is 0 Å². The van der Waals surface area contributed by atoms with Gasteiger partial charge < -0.3 is 10.1 Å². The van der Waals surface area contributed by atoms with Gasteiger partial charge in [0.15, 0.2) is 5.78 Å². The number of alkyl carbamates (subject to hydrolysis) is 1. The van der Waals surface area contributed by atoms with Crippen molar-refractivity contribution in [2.75, 3.05) is 0 Å². The molecule has 0 radical (unpaired) electrons. The molecule has 0 saturated carbocycles. The van der Waals surface area contributed by atoms with Crippen LogP contribution in [0.5, 0.6) is 0 Å². The second-order valence-corrected chi connectivity index (χ2v) is 5.96. The Morgan fingerprint density at radius 2 is 1.74 bits per heavy atom. The number of hydrogen-bond acceptors (Lipinski definition) is 3. The molecule has 0 aliphatic heterocycles. The van der Waals surface area contributed by atoms with E-state index in [4.69, 9.17) is 4.74 Å². The number of rotatable bonds is 6. The van der Waals surface area contributed by atoms with Crippen molar-refractivity contribution in [1.82, 2.24) is 5.32 Å². The van der Waals surface area contributed by atoms with Gasteiger partial charge >= 0.3 is 12.3 Å². The summed E-state index contributed by atoms with van der Waals surface area (Å²) in [6.45, 7) is 3.08. The number of halogens is 3. The number of amides is 1. The number of hydrogen-bond donors (Lipinski definition) is 1. The predicted molar refractivity (Wildman–Crippen MR) is 78.7 cm³/mol. The molecule has 1 aromatic carbocycles. The fraction of sp³-hybridized carbons (Fsp3) is 0.500. The van der Waals surface area contributed by atoms with E-state index in [0.29, 0.717) is 0 Å². The Bertz CT molecular complexity index is 541. The van der Waals surface area contributed by atoms with Gasteiger partial charge in [0.1, 0.15) is 6.61 Å². The van der Waals surface area contributed by atoms with Gasteiger partial charge in [-0.2, -0.15) is 13.2 Å². The molecule has 0 spiro atoms. The molecule has 0 unspecified atom stereocenters. The minimum atomic E-state index is -4.48. The smallest absolute Gasteiger partial charge is 0.408 e. The summed E-state index contributed by atoms with van der Waals surface area (Å²) in [7, 11) is 0. The molecule has 1 N–H and O–H groups in total. The zero-order chi connectivity index (χ0) is 17.7. The summed E-state index contributed by atoms with van der Waals surface area (Å²) < 4.78 is 43.7. The van der Waals surface area contributed by atoms with Crippen molar-refractivity contribution in [2.24, 2.45) is 5.41 Å². The summed E-state index contributed by atoms with van der Waals surface area (Å²) in [5, 5.41) is 2.20. The first kappa shape index (κ1) is 19.0. The Labute approximate surface area is 133 Å².